The van der Waals surface area contributed by atoms with E-state index in [0.29, 0.717) is 12.6 Å². The summed E-state index contributed by atoms with van der Waals surface area (Å²) >= 11 is 0. The van der Waals surface area contributed by atoms with Crippen LogP contribution in [0.25, 0.3) is 0 Å². The molecule has 1 aromatic carbocycles. The Kier molecular flexibility index (Phi) is 5.66. The van der Waals surface area contributed by atoms with E-state index in [-0.39, 0.29) is 17.6 Å². The molecule has 3 aliphatic heterocycles. The predicted molar refractivity (Wildman–Crippen MR) is 113 cm³/mol. The first-order valence-corrected chi connectivity index (χ1v) is 10.9. The van der Waals surface area contributed by atoms with E-state index in [1.807, 2.05) is 56.0 Å². The molecule has 7 nitrogen and oxygen atoms in total. The minimum absolute atomic E-state index is 0.172. The lowest BCUT2D eigenvalue weighted by Gasteiger charge is -2.43. The van der Waals surface area contributed by atoms with Crippen molar-refractivity contribution < 1.29 is 19.1 Å². The van der Waals surface area contributed by atoms with Gasteiger partial charge in [-0.2, -0.15) is 0 Å². The average Bonchev–Trinajstić information content (AvgIpc) is 3.26. The summed E-state index contributed by atoms with van der Waals surface area (Å²) < 4.78 is 11.0. The van der Waals surface area contributed by atoms with Crippen molar-refractivity contribution in [3.05, 3.63) is 35.9 Å². The van der Waals surface area contributed by atoms with E-state index in [2.05, 4.69) is 4.90 Å². The van der Waals surface area contributed by atoms with Crippen LogP contribution in [0.4, 0.5) is 9.59 Å². The van der Waals surface area contributed by atoms with Gasteiger partial charge in [0.15, 0.2) is 0 Å². The zero-order valence-corrected chi connectivity index (χ0v) is 18.3. The van der Waals surface area contributed by atoms with Crippen LogP contribution in [0.2, 0.25) is 0 Å². The molecule has 1 atom stereocenters. The van der Waals surface area contributed by atoms with Gasteiger partial charge in [-0.1, -0.05) is 30.3 Å². The highest BCUT2D eigenvalue weighted by molar-refractivity contribution is 5.69. The fraction of sp³-hybridized carbons (Fsp3) is 0.652. The van der Waals surface area contributed by atoms with Gasteiger partial charge in [-0.15, -0.1) is 0 Å². The Morgan fingerprint density at radius 2 is 1.70 bits per heavy atom. The minimum Gasteiger partial charge on any atom is -0.445 e. The number of carbonyl (C=O) groups excluding carboxylic acids is 2. The van der Waals surface area contributed by atoms with Crippen molar-refractivity contribution in [2.45, 2.75) is 51.9 Å². The van der Waals surface area contributed by atoms with Crippen molar-refractivity contribution in [3.63, 3.8) is 0 Å². The van der Waals surface area contributed by atoms with E-state index in [1.54, 1.807) is 4.90 Å². The number of ether oxygens (including phenoxy) is 2. The maximum absolute atomic E-state index is 12.4. The molecule has 0 aliphatic carbocycles. The summed E-state index contributed by atoms with van der Waals surface area (Å²) in [4.78, 5) is 30.8. The number of hydrogen-bond donors (Lipinski definition) is 0. The first-order valence-electron chi connectivity index (χ1n) is 10.9. The second kappa shape index (κ2) is 8.10. The van der Waals surface area contributed by atoms with Crippen molar-refractivity contribution in [1.82, 2.24) is 14.7 Å². The van der Waals surface area contributed by atoms with Gasteiger partial charge in [0.1, 0.15) is 12.2 Å². The Hall–Kier alpha value is -2.28. The highest BCUT2D eigenvalue weighted by atomic mass is 16.6. The number of amides is 2. The first kappa shape index (κ1) is 21.0. The van der Waals surface area contributed by atoms with Gasteiger partial charge in [0.25, 0.3) is 0 Å². The topological polar surface area (TPSA) is 62.3 Å². The molecular weight excluding hydrogens is 382 g/mol. The smallest absolute Gasteiger partial charge is 0.410 e. The quantitative estimate of drug-likeness (QED) is 0.758. The highest BCUT2D eigenvalue weighted by Crippen LogP contribution is 2.41. The zero-order chi connectivity index (χ0) is 21.4. The Morgan fingerprint density at radius 1 is 1.00 bits per heavy atom. The first-order chi connectivity index (χ1) is 14.2. The molecule has 3 fully saturated rings. The molecule has 4 rings (SSSR count). The predicted octanol–water partition coefficient (Wildman–Crippen LogP) is 3.34. The van der Waals surface area contributed by atoms with Crippen molar-refractivity contribution >= 4 is 12.2 Å². The lowest BCUT2D eigenvalue weighted by Crippen LogP contribution is -2.60. The number of carbonyl (C=O) groups is 2. The number of nitrogens with zero attached hydrogens (tertiary/aromatic N) is 3. The van der Waals surface area contributed by atoms with Crippen molar-refractivity contribution in [2.24, 2.45) is 5.41 Å². The molecule has 3 saturated heterocycles. The van der Waals surface area contributed by atoms with Crippen LogP contribution in [-0.4, -0.2) is 77.8 Å². The summed E-state index contributed by atoms with van der Waals surface area (Å²) in [5, 5.41) is 0. The Balaban J connectivity index is 1.21. The fourth-order valence-electron chi connectivity index (χ4n) is 4.68. The normalized spacial score (nSPS) is 24.9. The molecular formula is C23H33N3O4. The Labute approximate surface area is 178 Å². The molecule has 3 aliphatic rings. The minimum atomic E-state index is -0.459. The molecule has 0 saturated carbocycles. The third-order valence-corrected chi connectivity index (χ3v) is 6.40. The number of likely N-dealkylation sites (tertiary alicyclic amines) is 3. The molecule has 30 heavy (non-hydrogen) atoms. The van der Waals surface area contributed by atoms with Gasteiger partial charge in [0.05, 0.1) is 0 Å². The number of hydrogen-bond acceptors (Lipinski definition) is 5. The Bertz CT molecular complexity index is 772. The summed E-state index contributed by atoms with van der Waals surface area (Å²) in [7, 11) is 0. The second-order valence-corrected chi connectivity index (χ2v) is 9.97. The number of benzene rings is 1. The molecule has 164 valence electrons. The summed E-state index contributed by atoms with van der Waals surface area (Å²) in [5.41, 5.74) is 0.713. The van der Waals surface area contributed by atoms with Crippen LogP contribution < -0.4 is 0 Å². The average molecular weight is 416 g/mol. The van der Waals surface area contributed by atoms with E-state index in [9.17, 15) is 9.59 Å². The van der Waals surface area contributed by atoms with Crippen molar-refractivity contribution in [3.8, 4) is 0 Å². The highest BCUT2D eigenvalue weighted by Gasteiger charge is 2.48. The summed E-state index contributed by atoms with van der Waals surface area (Å²) in [6.45, 7) is 11.0. The second-order valence-electron chi connectivity index (χ2n) is 9.97. The van der Waals surface area contributed by atoms with Gasteiger partial charge in [0.2, 0.25) is 0 Å². The summed E-state index contributed by atoms with van der Waals surface area (Å²) in [6, 6.07) is 10.1. The van der Waals surface area contributed by atoms with E-state index in [0.717, 1.165) is 57.7 Å². The molecule has 0 radical (unpaired) electrons. The van der Waals surface area contributed by atoms with Gasteiger partial charge < -0.3 is 19.3 Å². The maximum Gasteiger partial charge on any atom is 0.410 e. The standard InChI is InChI=1S/C23H33N3O4/c1-22(2,3)30-21(28)25-12-10-23(17-25)9-11-24(16-23)19-13-26(14-19)20(27)29-15-18-7-5-4-6-8-18/h4-8,19H,9-17H2,1-3H3. The van der Waals surface area contributed by atoms with Crippen LogP contribution in [0.3, 0.4) is 0 Å². The van der Waals surface area contributed by atoms with Gasteiger partial charge in [-0.25, -0.2) is 9.59 Å². The van der Waals surface area contributed by atoms with Crippen LogP contribution in [0, 0.1) is 5.41 Å². The van der Waals surface area contributed by atoms with E-state index < -0.39 is 5.60 Å². The lowest BCUT2D eigenvalue weighted by molar-refractivity contribution is 0.0203. The molecule has 1 spiro atoms. The summed E-state index contributed by atoms with van der Waals surface area (Å²) in [5.74, 6) is 0. The fourth-order valence-corrected chi connectivity index (χ4v) is 4.68. The maximum atomic E-state index is 12.4. The third kappa shape index (κ3) is 4.72. The molecule has 1 aromatic rings. The largest absolute Gasteiger partial charge is 0.445 e. The summed E-state index contributed by atoms with van der Waals surface area (Å²) in [6.07, 6.45) is 1.69. The van der Waals surface area contributed by atoms with Crippen LogP contribution in [0.5, 0.6) is 0 Å². The van der Waals surface area contributed by atoms with Crippen molar-refractivity contribution in [1.29, 1.82) is 0 Å². The molecule has 0 bridgehead atoms. The van der Waals surface area contributed by atoms with Crippen LogP contribution >= 0.6 is 0 Å². The SMILES string of the molecule is CC(C)(C)OC(=O)N1CCC2(CCN(C3CN(C(=O)OCc4ccccc4)C3)C2)C1. The van der Waals surface area contributed by atoms with E-state index >= 15 is 0 Å². The monoisotopic (exact) mass is 415 g/mol. The molecule has 0 aromatic heterocycles. The molecule has 2 amide bonds. The molecule has 0 N–H and O–H groups in total. The van der Waals surface area contributed by atoms with Crippen molar-refractivity contribution in [2.75, 3.05) is 39.3 Å². The van der Waals surface area contributed by atoms with Crippen LogP contribution in [0.1, 0.15) is 39.2 Å². The van der Waals surface area contributed by atoms with E-state index in [4.69, 9.17) is 9.47 Å². The van der Waals surface area contributed by atoms with Gasteiger partial charge in [-0.3, -0.25) is 4.90 Å². The van der Waals surface area contributed by atoms with Gasteiger partial charge in [0, 0.05) is 44.2 Å². The third-order valence-electron chi connectivity index (χ3n) is 6.40. The van der Waals surface area contributed by atoms with Gasteiger partial charge in [-0.05, 0) is 45.7 Å². The van der Waals surface area contributed by atoms with Crippen LogP contribution in [0.15, 0.2) is 30.3 Å². The molecule has 1 unspecified atom stereocenters. The molecule has 3 heterocycles. The van der Waals surface area contributed by atoms with Crippen LogP contribution in [-0.2, 0) is 16.1 Å². The molecule has 7 heteroatoms. The van der Waals surface area contributed by atoms with E-state index in [1.165, 1.54) is 0 Å². The van der Waals surface area contributed by atoms with Gasteiger partial charge >= 0.3 is 12.2 Å². The lowest BCUT2D eigenvalue weighted by atomic mass is 9.86. The number of rotatable bonds is 3. The Morgan fingerprint density at radius 3 is 2.40 bits per heavy atom. The zero-order valence-electron chi connectivity index (χ0n) is 18.3.